The van der Waals surface area contributed by atoms with E-state index in [0.29, 0.717) is 56.3 Å². The molecule has 2 aliphatic rings. The SMILES string of the molecule is C=C(CN1CCS(=O)(=O)CC1)C(=O)CC[C@@H](NC(=O)[C@@H](CC(=O)NC)Cc1nc2ccc(Cl)cc2s1)C1CCOCC1. The molecule has 2 N–H and O–H groups in total. The highest BCUT2D eigenvalue weighted by Gasteiger charge is 2.31. The maximum Gasteiger partial charge on any atom is 0.224 e. The molecule has 2 aromatic rings. The summed E-state index contributed by atoms with van der Waals surface area (Å²) in [5, 5.41) is 7.16. The van der Waals surface area contributed by atoms with Gasteiger partial charge in [0.15, 0.2) is 15.6 Å². The number of ether oxygens (including phenoxy) is 1. The second-order valence-electron chi connectivity index (χ2n) is 11.1. The summed E-state index contributed by atoms with van der Waals surface area (Å²) in [7, 11) is -1.46. The monoisotopic (exact) mass is 638 g/mol. The Kier molecular flexibility index (Phi) is 11.5. The Bertz CT molecular complexity index is 1390. The second-order valence-corrected chi connectivity index (χ2v) is 14.9. The number of aromatic nitrogens is 1. The first-order valence-electron chi connectivity index (χ1n) is 14.3. The summed E-state index contributed by atoms with van der Waals surface area (Å²) in [6.45, 7) is 6.27. The number of benzene rings is 1. The second kappa shape index (κ2) is 14.9. The normalized spacial score (nSPS) is 19.2. The van der Waals surface area contributed by atoms with Crippen LogP contribution < -0.4 is 10.6 Å². The van der Waals surface area contributed by atoms with E-state index in [9.17, 15) is 22.8 Å². The van der Waals surface area contributed by atoms with E-state index >= 15 is 0 Å². The Morgan fingerprint density at radius 3 is 2.62 bits per heavy atom. The lowest BCUT2D eigenvalue weighted by atomic mass is 9.87. The van der Waals surface area contributed by atoms with Gasteiger partial charge in [-0.05, 0) is 43.4 Å². The van der Waals surface area contributed by atoms with Crippen molar-refractivity contribution in [3.8, 4) is 0 Å². The predicted molar refractivity (Wildman–Crippen MR) is 164 cm³/mol. The molecule has 4 rings (SSSR count). The molecular formula is C29H39ClN4O6S2. The first kappa shape index (κ1) is 32.5. The average molecular weight is 639 g/mol. The minimum absolute atomic E-state index is 0.0147. The molecule has 3 heterocycles. The fourth-order valence-electron chi connectivity index (χ4n) is 5.40. The summed E-state index contributed by atoms with van der Waals surface area (Å²) >= 11 is 7.59. The van der Waals surface area contributed by atoms with Gasteiger partial charge in [0, 0.05) is 75.8 Å². The van der Waals surface area contributed by atoms with Crippen LogP contribution in [0.2, 0.25) is 5.02 Å². The van der Waals surface area contributed by atoms with Crippen LogP contribution in [0.25, 0.3) is 10.2 Å². The molecule has 1 aromatic carbocycles. The summed E-state index contributed by atoms with van der Waals surface area (Å²) in [6.07, 6.45) is 2.50. The van der Waals surface area contributed by atoms with Crippen LogP contribution in [0.5, 0.6) is 0 Å². The molecule has 0 bridgehead atoms. The molecule has 0 spiro atoms. The highest BCUT2D eigenvalue weighted by molar-refractivity contribution is 7.91. The van der Waals surface area contributed by atoms with Crippen LogP contribution in [0, 0.1) is 11.8 Å². The van der Waals surface area contributed by atoms with E-state index in [2.05, 4.69) is 22.2 Å². The average Bonchev–Trinajstić information content (AvgIpc) is 3.37. The van der Waals surface area contributed by atoms with Crippen LogP contribution in [-0.2, 0) is 35.4 Å². The summed E-state index contributed by atoms with van der Waals surface area (Å²) in [5.41, 5.74) is 1.24. The number of halogens is 1. The maximum atomic E-state index is 13.7. The van der Waals surface area contributed by atoms with Gasteiger partial charge in [-0.25, -0.2) is 13.4 Å². The minimum Gasteiger partial charge on any atom is -0.381 e. The van der Waals surface area contributed by atoms with E-state index < -0.39 is 15.8 Å². The third-order valence-corrected chi connectivity index (χ3v) is 10.9. The van der Waals surface area contributed by atoms with Crippen molar-refractivity contribution in [3.63, 3.8) is 0 Å². The predicted octanol–water partition coefficient (Wildman–Crippen LogP) is 2.79. The molecule has 13 heteroatoms. The number of thiazole rings is 1. The Morgan fingerprint density at radius 2 is 1.93 bits per heavy atom. The smallest absolute Gasteiger partial charge is 0.224 e. The molecule has 2 aliphatic heterocycles. The largest absolute Gasteiger partial charge is 0.381 e. The Labute approximate surface area is 256 Å². The van der Waals surface area contributed by atoms with E-state index in [1.807, 2.05) is 17.0 Å². The lowest BCUT2D eigenvalue weighted by Gasteiger charge is -2.32. The van der Waals surface area contributed by atoms with Crippen molar-refractivity contribution in [2.45, 2.75) is 44.6 Å². The van der Waals surface area contributed by atoms with Crippen LogP contribution in [-0.4, -0.2) is 93.3 Å². The summed E-state index contributed by atoms with van der Waals surface area (Å²) in [4.78, 5) is 45.7. The zero-order valence-corrected chi connectivity index (χ0v) is 26.3. The first-order valence-corrected chi connectivity index (χ1v) is 17.3. The number of carbonyl (C=O) groups is 3. The van der Waals surface area contributed by atoms with Crippen LogP contribution in [0.15, 0.2) is 30.4 Å². The van der Waals surface area contributed by atoms with Gasteiger partial charge in [-0.1, -0.05) is 18.2 Å². The van der Waals surface area contributed by atoms with Gasteiger partial charge in [0.05, 0.1) is 32.6 Å². The van der Waals surface area contributed by atoms with E-state index in [1.54, 1.807) is 13.1 Å². The van der Waals surface area contributed by atoms with Crippen molar-refractivity contribution >= 4 is 60.6 Å². The zero-order valence-electron chi connectivity index (χ0n) is 23.9. The maximum absolute atomic E-state index is 13.7. The summed E-state index contributed by atoms with van der Waals surface area (Å²) in [5.74, 6) is -0.884. The number of ketones is 1. The molecule has 2 atom stereocenters. The van der Waals surface area contributed by atoms with Gasteiger partial charge in [0.1, 0.15) is 0 Å². The summed E-state index contributed by atoms with van der Waals surface area (Å²) in [6, 6.07) is 5.18. The number of fused-ring (bicyclic) bond motifs is 1. The Balaban J connectivity index is 1.41. The van der Waals surface area contributed by atoms with Crippen LogP contribution in [0.1, 0.15) is 37.1 Å². The number of hydrogen-bond donors (Lipinski definition) is 2. The van der Waals surface area contributed by atoms with Crippen LogP contribution in [0.4, 0.5) is 0 Å². The quantitative estimate of drug-likeness (QED) is 0.320. The number of rotatable bonds is 13. The number of hydrogen-bond acceptors (Lipinski definition) is 9. The van der Waals surface area contributed by atoms with Crippen molar-refractivity contribution < 1.29 is 27.5 Å². The van der Waals surface area contributed by atoms with Crippen molar-refractivity contribution in [1.82, 2.24) is 20.5 Å². The van der Waals surface area contributed by atoms with E-state index in [0.717, 1.165) is 28.1 Å². The molecule has 1 aromatic heterocycles. The van der Waals surface area contributed by atoms with Crippen molar-refractivity contribution in [2.75, 3.05) is 51.4 Å². The van der Waals surface area contributed by atoms with Crippen molar-refractivity contribution in [3.05, 3.63) is 40.4 Å². The molecule has 0 saturated carbocycles. The molecule has 0 radical (unpaired) electrons. The van der Waals surface area contributed by atoms with Crippen molar-refractivity contribution in [2.24, 2.45) is 11.8 Å². The van der Waals surface area contributed by atoms with Gasteiger partial charge in [-0.15, -0.1) is 11.3 Å². The third kappa shape index (κ3) is 9.31. The topological polar surface area (TPSA) is 135 Å². The van der Waals surface area contributed by atoms with Gasteiger partial charge in [-0.2, -0.15) is 0 Å². The molecule has 42 heavy (non-hydrogen) atoms. The fraction of sp³-hybridized carbons (Fsp3) is 0.586. The number of amides is 2. The first-order chi connectivity index (χ1) is 20.0. The highest BCUT2D eigenvalue weighted by Crippen LogP contribution is 2.28. The Hall–Kier alpha value is -2.38. The number of nitrogens with one attached hydrogen (secondary N) is 2. The number of sulfone groups is 1. The van der Waals surface area contributed by atoms with Crippen LogP contribution >= 0.6 is 22.9 Å². The Morgan fingerprint density at radius 1 is 1.21 bits per heavy atom. The van der Waals surface area contributed by atoms with Gasteiger partial charge >= 0.3 is 0 Å². The van der Waals surface area contributed by atoms with Crippen molar-refractivity contribution in [1.29, 1.82) is 0 Å². The third-order valence-electron chi connectivity index (χ3n) is 7.99. The van der Waals surface area contributed by atoms with Gasteiger partial charge in [0.2, 0.25) is 11.8 Å². The van der Waals surface area contributed by atoms with Gasteiger partial charge in [0.25, 0.3) is 0 Å². The van der Waals surface area contributed by atoms with E-state index in [4.69, 9.17) is 16.3 Å². The zero-order chi connectivity index (χ0) is 30.3. The molecule has 2 fully saturated rings. The molecule has 0 aliphatic carbocycles. The van der Waals surface area contributed by atoms with Gasteiger partial charge < -0.3 is 15.4 Å². The summed E-state index contributed by atoms with van der Waals surface area (Å²) < 4.78 is 29.9. The molecule has 2 amide bonds. The van der Waals surface area contributed by atoms with Gasteiger partial charge in [-0.3, -0.25) is 19.3 Å². The molecule has 2 saturated heterocycles. The van der Waals surface area contributed by atoms with E-state index in [-0.39, 0.29) is 53.9 Å². The minimum atomic E-state index is -3.00. The van der Waals surface area contributed by atoms with E-state index in [1.165, 1.54) is 11.3 Å². The number of nitrogens with zero attached hydrogens (tertiary/aromatic N) is 2. The molecule has 10 nitrogen and oxygen atoms in total. The van der Waals surface area contributed by atoms with Crippen LogP contribution in [0.3, 0.4) is 0 Å². The fourth-order valence-corrected chi connectivity index (χ4v) is 8.00. The highest BCUT2D eigenvalue weighted by atomic mass is 35.5. The number of carbonyl (C=O) groups excluding carboxylic acids is 3. The lowest BCUT2D eigenvalue weighted by Crippen LogP contribution is -2.46. The molecular weight excluding hydrogens is 600 g/mol. The lowest BCUT2D eigenvalue weighted by molar-refractivity contribution is -0.131. The molecule has 0 unspecified atom stereocenters. The standard InChI is InChI=1S/C29H39ClN4O6S2/c1-19(18-34-9-13-42(38,39)14-10-34)25(35)6-5-23(20-7-11-40-12-8-20)33-29(37)21(15-27(36)31-2)16-28-32-24-4-3-22(30)17-26(24)41-28/h3-4,17,20-21,23H,1,5-16,18H2,2H3,(H,31,36)(H,33,37)/t21-,23+/m0/s1. The molecule has 230 valence electrons. The number of Topliss-reactive ketones (excluding diaryl/α,β-unsaturated/α-hetero) is 1.